The van der Waals surface area contributed by atoms with Gasteiger partial charge in [-0.2, -0.15) is 0 Å². The van der Waals surface area contributed by atoms with Crippen LogP contribution in [0, 0.1) is 0 Å². The summed E-state index contributed by atoms with van der Waals surface area (Å²) in [6.07, 6.45) is 3.84. The van der Waals surface area contributed by atoms with E-state index in [-0.39, 0.29) is 0 Å². The van der Waals surface area contributed by atoms with Crippen molar-refractivity contribution in [2.24, 2.45) is 0 Å². The van der Waals surface area contributed by atoms with E-state index in [2.05, 4.69) is 0 Å². The zero-order valence-electron chi connectivity index (χ0n) is 14.7. The first-order valence-electron chi connectivity index (χ1n) is 8.01. The molecule has 5 heteroatoms. The number of esters is 1. The zero-order valence-corrected chi connectivity index (χ0v) is 14.7. The van der Waals surface area contributed by atoms with Gasteiger partial charge < -0.3 is 18.9 Å². The molecule has 0 saturated carbocycles. The van der Waals surface area contributed by atoms with Gasteiger partial charge in [-0.1, -0.05) is 19.1 Å². The topological polar surface area (TPSA) is 54.0 Å². The molecule has 0 aliphatic rings. The predicted octanol–water partition coefficient (Wildman–Crippen LogP) is 4.11. The molecule has 0 amide bonds. The fraction of sp³-hybridized carbons (Fsp3) is 0.250. The minimum absolute atomic E-state index is 0.392. The molecule has 2 aromatic rings. The maximum absolute atomic E-state index is 12.1. The molecule has 0 spiro atoms. The number of benzene rings is 2. The summed E-state index contributed by atoms with van der Waals surface area (Å²) in [6, 6.07) is 12.4. The molecule has 132 valence electrons. The fourth-order valence-corrected chi connectivity index (χ4v) is 2.14. The first kappa shape index (κ1) is 18.4. The molecular weight excluding hydrogens is 320 g/mol. The van der Waals surface area contributed by atoms with E-state index < -0.39 is 5.97 Å². The molecule has 5 nitrogen and oxygen atoms in total. The molecule has 0 aliphatic heterocycles. The second-order valence-electron chi connectivity index (χ2n) is 5.16. The van der Waals surface area contributed by atoms with Gasteiger partial charge in [0.2, 0.25) is 0 Å². The van der Waals surface area contributed by atoms with Gasteiger partial charge in [0, 0.05) is 11.6 Å². The van der Waals surface area contributed by atoms with Crippen LogP contribution >= 0.6 is 0 Å². The number of para-hydroxylation sites is 2. The van der Waals surface area contributed by atoms with E-state index in [1.807, 2.05) is 13.0 Å². The number of carbonyl (C=O) groups excluding carboxylic acids is 1. The molecule has 0 aromatic heterocycles. The molecular formula is C20H22O5. The third-order valence-electron chi connectivity index (χ3n) is 3.36. The van der Waals surface area contributed by atoms with E-state index in [1.54, 1.807) is 56.7 Å². The van der Waals surface area contributed by atoms with E-state index >= 15 is 0 Å². The molecule has 0 fully saturated rings. The van der Waals surface area contributed by atoms with Crippen molar-refractivity contribution in [3.05, 3.63) is 54.1 Å². The van der Waals surface area contributed by atoms with Crippen molar-refractivity contribution in [1.82, 2.24) is 0 Å². The van der Waals surface area contributed by atoms with Crippen molar-refractivity contribution in [1.29, 1.82) is 0 Å². The van der Waals surface area contributed by atoms with E-state index in [0.717, 1.165) is 6.42 Å². The largest absolute Gasteiger partial charge is 0.497 e. The molecule has 0 N–H and O–H groups in total. The smallest absolute Gasteiger partial charge is 0.336 e. The van der Waals surface area contributed by atoms with Crippen molar-refractivity contribution in [3.63, 3.8) is 0 Å². The van der Waals surface area contributed by atoms with Crippen LogP contribution in [0.3, 0.4) is 0 Å². The van der Waals surface area contributed by atoms with E-state index in [1.165, 1.54) is 6.08 Å². The lowest BCUT2D eigenvalue weighted by Crippen LogP contribution is -2.06. The Morgan fingerprint density at radius 2 is 1.76 bits per heavy atom. The first-order chi connectivity index (χ1) is 12.2. The highest BCUT2D eigenvalue weighted by atomic mass is 16.6. The summed E-state index contributed by atoms with van der Waals surface area (Å²) < 4.78 is 21.4. The van der Waals surface area contributed by atoms with Crippen molar-refractivity contribution in [3.8, 4) is 23.0 Å². The molecule has 0 radical (unpaired) electrons. The number of rotatable bonds is 8. The van der Waals surface area contributed by atoms with E-state index in [9.17, 15) is 4.79 Å². The Morgan fingerprint density at radius 3 is 2.44 bits per heavy atom. The number of hydrogen-bond donors (Lipinski definition) is 0. The van der Waals surface area contributed by atoms with Gasteiger partial charge in [0.15, 0.2) is 11.5 Å². The summed E-state index contributed by atoms with van der Waals surface area (Å²) in [4.78, 5) is 12.1. The second-order valence-corrected chi connectivity index (χ2v) is 5.16. The van der Waals surface area contributed by atoms with Crippen LogP contribution in [0.15, 0.2) is 48.5 Å². The van der Waals surface area contributed by atoms with Crippen molar-refractivity contribution >= 4 is 12.0 Å². The molecule has 0 bridgehead atoms. The van der Waals surface area contributed by atoms with Crippen LogP contribution in [-0.2, 0) is 4.79 Å². The van der Waals surface area contributed by atoms with Crippen molar-refractivity contribution in [2.75, 3.05) is 20.8 Å². The summed E-state index contributed by atoms with van der Waals surface area (Å²) in [5.41, 5.74) is 0.717. The maximum atomic E-state index is 12.1. The summed E-state index contributed by atoms with van der Waals surface area (Å²) in [6.45, 7) is 2.57. The highest BCUT2D eigenvalue weighted by molar-refractivity contribution is 5.89. The monoisotopic (exact) mass is 342 g/mol. The normalized spacial score (nSPS) is 10.5. The second kappa shape index (κ2) is 9.37. The Labute approximate surface area is 147 Å². The molecule has 2 aromatic carbocycles. The SMILES string of the molecule is CCCOc1ccccc1OC(=O)/C=C/c1cc(OC)ccc1OC. The van der Waals surface area contributed by atoms with Crippen LogP contribution in [0.4, 0.5) is 0 Å². The summed E-state index contributed by atoms with van der Waals surface area (Å²) >= 11 is 0. The van der Waals surface area contributed by atoms with Gasteiger partial charge in [-0.3, -0.25) is 0 Å². The summed E-state index contributed by atoms with van der Waals surface area (Å²) in [5.74, 6) is 1.74. The van der Waals surface area contributed by atoms with Crippen LogP contribution in [0.1, 0.15) is 18.9 Å². The number of methoxy groups -OCH3 is 2. The minimum atomic E-state index is -0.502. The lowest BCUT2D eigenvalue weighted by atomic mass is 10.1. The highest BCUT2D eigenvalue weighted by Crippen LogP contribution is 2.28. The quantitative estimate of drug-likeness (QED) is 0.410. The number of ether oxygens (including phenoxy) is 4. The Morgan fingerprint density at radius 1 is 1.00 bits per heavy atom. The number of hydrogen-bond acceptors (Lipinski definition) is 5. The Kier molecular flexibility index (Phi) is 6.89. The van der Waals surface area contributed by atoms with Crippen LogP contribution < -0.4 is 18.9 Å². The van der Waals surface area contributed by atoms with Crippen LogP contribution in [0.25, 0.3) is 6.08 Å². The third kappa shape index (κ3) is 5.28. The van der Waals surface area contributed by atoms with Crippen LogP contribution in [0.2, 0.25) is 0 Å². The Bertz CT molecular complexity index is 737. The van der Waals surface area contributed by atoms with Gasteiger partial charge in [-0.15, -0.1) is 0 Å². The third-order valence-corrected chi connectivity index (χ3v) is 3.36. The maximum Gasteiger partial charge on any atom is 0.336 e. The average Bonchev–Trinajstić information content (AvgIpc) is 2.65. The number of carbonyl (C=O) groups is 1. The Balaban J connectivity index is 2.11. The van der Waals surface area contributed by atoms with Gasteiger partial charge in [0.25, 0.3) is 0 Å². The van der Waals surface area contributed by atoms with Crippen LogP contribution in [0.5, 0.6) is 23.0 Å². The average molecular weight is 342 g/mol. The fourth-order valence-electron chi connectivity index (χ4n) is 2.14. The standard InChI is InChI=1S/C20H22O5/c1-4-13-24-18-7-5-6-8-19(18)25-20(21)12-9-15-14-16(22-2)10-11-17(15)23-3/h5-12,14H,4,13H2,1-3H3/b12-9+. The lowest BCUT2D eigenvalue weighted by molar-refractivity contribution is -0.129. The van der Waals surface area contributed by atoms with Gasteiger partial charge in [0.05, 0.1) is 20.8 Å². The molecule has 25 heavy (non-hydrogen) atoms. The van der Waals surface area contributed by atoms with Gasteiger partial charge in [-0.25, -0.2) is 4.79 Å². The van der Waals surface area contributed by atoms with Crippen molar-refractivity contribution in [2.45, 2.75) is 13.3 Å². The van der Waals surface area contributed by atoms with Crippen molar-refractivity contribution < 1.29 is 23.7 Å². The van der Waals surface area contributed by atoms with E-state index in [4.69, 9.17) is 18.9 Å². The molecule has 0 unspecified atom stereocenters. The summed E-state index contributed by atoms with van der Waals surface area (Å²) in [7, 11) is 3.15. The highest BCUT2D eigenvalue weighted by Gasteiger charge is 2.08. The lowest BCUT2D eigenvalue weighted by Gasteiger charge is -2.10. The predicted molar refractivity (Wildman–Crippen MR) is 96.4 cm³/mol. The van der Waals surface area contributed by atoms with Gasteiger partial charge in [0.1, 0.15) is 11.5 Å². The molecule has 0 aliphatic carbocycles. The summed E-state index contributed by atoms with van der Waals surface area (Å²) in [5, 5.41) is 0. The molecule has 0 saturated heterocycles. The molecule has 0 heterocycles. The first-order valence-corrected chi connectivity index (χ1v) is 8.01. The van der Waals surface area contributed by atoms with E-state index in [0.29, 0.717) is 35.2 Å². The Hall–Kier alpha value is -2.95. The molecule has 2 rings (SSSR count). The molecule has 0 atom stereocenters. The van der Waals surface area contributed by atoms with Gasteiger partial charge in [-0.05, 0) is 42.8 Å². The zero-order chi connectivity index (χ0) is 18.1. The van der Waals surface area contributed by atoms with Gasteiger partial charge >= 0.3 is 5.97 Å². The minimum Gasteiger partial charge on any atom is -0.497 e. The van der Waals surface area contributed by atoms with Crippen LogP contribution in [-0.4, -0.2) is 26.8 Å².